The van der Waals surface area contributed by atoms with Crippen LogP contribution in [0.2, 0.25) is 0 Å². The van der Waals surface area contributed by atoms with Gasteiger partial charge in [0.25, 0.3) is 0 Å². The number of fused-ring (bicyclic) bond motifs is 1. The Bertz CT molecular complexity index is 1280. The van der Waals surface area contributed by atoms with Crippen LogP contribution in [0.4, 0.5) is 4.79 Å². The Morgan fingerprint density at radius 1 is 1.21 bits per heavy atom. The van der Waals surface area contributed by atoms with Gasteiger partial charge in [-0.05, 0) is 31.0 Å². The van der Waals surface area contributed by atoms with Gasteiger partial charge < -0.3 is 19.5 Å². The van der Waals surface area contributed by atoms with E-state index in [1.54, 1.807) is 12.1 Å². The van der Waals surface area contributed by atoms with Crippen molar-refractivity contribution in [2.75, 3.05) is 12.4 Å². The van der Waals surface area contributed by atoms with Gasteiger partial charge in [0.05, 0.1) is 31.2 Å². The van der Waals surface area contributed by atoms with Crippen LogP contribution in [-0.4, -0.2) is 50.2 Å². The number of benzene rings is 1. The molecule has 3 aromatic heterocycles. The van der Waals surface area contributed by atoms with Gasteiger partial charge in [0.1, 0.15) is 5.76 Å². The van der Waals surface area contributed by atoms with Gasteiger partial charge in [0.15, 0.2) is 11.0 Å². The van der Waals surface area contributed by atoms with E-state index in [1.165, 1.54) is 18.0 Å². The zero-order valence-corrected chi connectivity index (χ0v) is 19.1. The third-order valence-electron chi connectivity index (χ3n) is 5.55. The number of rotatable bonds is 8. The van der Waals surface area contributed by atoms with Crippen molar-refractivity contribution in [1.29, 1.82) is 0 Å². The van der Waals surface area contributed by atoms with Crippen LogP contribution in [0.1, 0.15) is 18.6 Å². The smallest absolute Gasteiger partial charge is 0.321 e. The van der Waals surface area contributed by atoms with Gasteiger partial charge in [-0.15, -0.1) is 10.2 Å². The highest BCUT2D eigenvalue weighted by molar-refractivity contribution is 7.99. The molecular weight excluding hydrogens is 456 g/mol. The van der Waals surface area contributed by atoms with E-state index < -0.39 is 11.9 Å². The molecule has 176 valence electrons. The Labute approximate surface area is 199 Å². The summed E-state index contributed by atoms with van der Waals surface area (Å²) in [6, 6.07) is 10.9. The summed E-state index contributed by atoms with van der Waals surface area (Å²) < 4.78 is 13.0. The molecule has 0 aliphatic carbocycles. The predicted molar refractivity (Wildman–Crippen MR) is 126 cm³/mol. The Kier molecular flexibility index (Phi) is 6.63. The lowest BCUT2D eigenvalue weighted by atomic mass is 10.1. The van der Waals surface area contributed by atoms with E-state index in [4.69, 9.17) is 9.15 Å². The van der Waals surface area contributed by atoms with Crippen molar-refractivity contribution in [3.8, 4) is 11.4 Å². The number of ether oxygens (including phenoxy) is 1. The topological polar surface area (TPSA) is 127 Å². The molecule has 3 N–H and O–H groups in total. The minimum absolute atomic E-state index is 0.0196. The monoisotopic (exact) mass is 480 g/mol. The Hall–Kier alpha value is -3.57. The fourth-order valence-electron chi connectivity index (χ4n) is 3.93. The maximum absolute atomic E-state index is 12.4. The van der Waals surface area contributed by atoms with Crippen LogP contribution < -0.4 is 10.6 Å². The number of H-pyrrole nitrogens is 1. The number of amides is 3. The van der Waals surface area contributed by atoms with Crippen molar-refractivity contribution in [1.82, 2.24) is 30.4 Å². The third kappa shape index (κ3) is 5.00. The Balaban J connectivity index is 1.28. The zero-order valence-electron chi connectivity index (χ0n) is 18.3. The number of aromatic nitrogens is 4. The first kappa shape index (κ1) is 22.2. The second-order valence-corrected chi connectivity index (χ2v) is 8.84. The number of hydrogen-bond acceptors (Lipinski definition) is 7. The highest BCUT2D eigenvalue weighted by Gasteiger charge is 2.23. The highest BCUT2D eigenvalue weighted by Crippen LogP contribution is 2.31. The maximum Gasteiger partial charge on any atom is 0.321 e. The number of para-hydroxylation sites is 1. The summed E-state index contributed by atoms with van der Waals surface area (Å²) in [6.07, 6.45) is 5.50. The summed E-state index contributed by atoms with van der Waals surface area (Å²) in [4.78, 5) is 27.6. The van der Waals surface area contributed by atoms with E-state index in [1.807, 2.05) is 35.0 Å². The Morgan fingerprint density at radius 3 is 2.94 bits per heavy atom. The fourth-order valence-corrected chi connectivity index (χ4v) is 4.67. The molecule has 3 amide bonds. The lowest BCUT2D eigenvalue weighted by molar-refractivity contribution is -0.117. The molecule has 1 aliphatic rings. The second-order valence-electron chi connectivity index (χ2n) is 7.90. The number of thioether (sulfide) groups is 1. The molecule has 1 aromatic carbocycles. The van der Waals surface area contributed by atoms with Gasteiger partial charge in [0, 0.05) is 29.3 Å². The van der Waals surface area contributed by atoms with E-state index in [0.29, 0.717) is 23.3 Å². The molecule has 10 nitrogen and oxygen atoms in total. The molecule has 0 radical (unpaired) electrons. The van der Waals surface area contributed by atoms with E-state index in [2.05, 4.69) is 25.8 Å². The molecule has 1 fully saturated rings. The lowest BCUT2D eigenvalue weighted by Gasteiger charge is -2.14. The molecule has 4 heterocycles. The normalized spacial score (nSPS) is 15.6. The molecule has 1 saturated heterocycles. The van der Waals surface area contributed by atoms with Crippen LogP contribution in [-0.2, 0) is 22.6 Å². The van der Waals surface area contributed by atoms with Crippen LogP contribution in [0.5, 0.6) is 0 Å². The quantitative estimate of drug-likeness (QED) is 0.330. The number of carbonyl (C=O) groups is 2. The molecule has 0 bridgehead atoms. The molecule has 1 atom stereocenters. The molecule has 0 saturated carbocycles. The van der Waals surface area contributed by atoms with Crippen molar-refractivity contribution in [3.05, 3.63) is 54.6 Å². The van der Waals surface area contributed by atoms with Crippen molar-refractivity contribution in [3.63, 3.8) is 0 Å². The lowest BCUT2D eigenvalue weighted by Crippen LogP contribution is -2.39. The molecule has 1 aliphatic heterocycles. The first-order chi connectivity index (χ1) is 16.7. The number of nitrogens with one attached hydrogen (secondary N) is 3. The van der Waals surface area contributed by atoms with Crippen LogP contribution in [0.25, 0.3) is 22.3 Å². The molecule has 11 heteroatoms. The number of nitrogens with zero attached hydrogens (tertiary/aromatic N) is 3. The average Bonchev–Trinajstić information content (AvgIpc) is 3.64. The number of carbonyl (C=O) groups excluding carboxylic acids is 2. The summed E-state index contributed by atoms with van der Waals surface area (Å²) in [5, 5.41) is 15.4. The third-order valence-corrected chi connectivity index (χ3v) is 6.51. The molecular formula is C23H24N6O4S. The van der Waals surface area contributed by atoms with Gasteiger partial charge in [-0.1, -0.05) is 30.0 Å². The highest BCUT2D eigenvalue weighted by atomic mass is 32.2. The fraction of sp³-hybridized carbons (Fsp3) is 0.304. The molecule has 5 rings (SSSR count). The number of furan rings is 1. The molecule has 0 spiro atoms. The molecule has 1 unspecified atom stereocenters. The van der Waals surface area contributed by atoms with E-state index in [9.17, 15) is 9.59 Å². The summed E-state index contributed by atoms with van der Waals surface area (Å²) in [6.45, 7) is 1.53. The van der Waals surface area contributed by atoms with Gasteiger partial charge in [-0.3, -0.25) is 14.7 Å². The van der Waals surface area contributed by atoms with Crippen molar-refractivity contribution >= 4 is 34.6 Å². The van der Waals surface area contributed by atoms with Crippen molar-refractivity contribution < 1.29 is 18.7 Å². The van der Waals surface area contributed by atoms with Crippen LogP contribution in [0, 0.1) is 0 Å². The molecule has 34 heavy (non-hydrogen) atoms. The van der Waals surface area contributed by atoms with Gasteiger partial charge >= 0.3 is 6.03 Å². The largest absolute Gasteiger partial charge is 0.467 e. The minimum atomic E-state index is -0.581. The first-order valence-electron chi connectivity index (χ1n) is 11.0. The van der Waals surface area contributed by atoms with E-state index >= 15 is 0 Å². The first-order valence-corrected chi connectivity index (χ1v) is 12.0. The van der Waals surface area contributed by atoms with Crippen LogP contribution in [0.15, 0.2) is 58.4 Å². The summed E-state index contributed by atoms with van der Waals surface area (Å²) in [5.41, 5.74) is 1.95. The van der Waals surface area contributed by atoms with E-state index in [-0.39, 0.29) is 18.4 Å². The number of urea groups is 1. The summed E-state index contributed by atoms with van der Waals surface area (Å²) in [5.74, 6) is 0.907. The molecule has 4 aromatic rings. The van der Waals surface area contributed by atoms with Crippen molar-refractivity contribution in [2.24, 2.45) is 0 Å². The minimum Gasteiger partial charge on any atom is -0.467 e. The van der Waals surface area contributed by atoms with Gasteiger partial charge in [0.2, 0.25) is 5.91 Å². The summed E-state index contributed by atoms with van der Waals surface area (Å²) >= 11 is 1.23. The predicted octanol–water partition coefficient (Wildman–Crippen LogP) is 3.32. The zero-order chi connectivity index (χ0) is 23.3. The van der Waals surface area contributed by atoms with E-state index in [0.717, 1.165) is 35.9 Å². The number of aromatic amines is 1. The second kappa shape index (κ2) is 10.1. The number of imide groups is 1. The average molecular weight is 481 g/mol. The number of hydrogen-bond donors (Lipinski definition) is 3. The van der Waals surface area contributed by atoms with Crippen LogP contribution in [0.3, 0.4) is 0 Å². The van der Waals surface area contributed by atoms with Gasteiger partial charge in [-0.25, -0.2) is 4.79 Å². The SMILES string of the molecule is O=C(CSc1nnc(-c2c[nH]c3ccccc23)n1CC1CCCO1)NC(=O)NCc1ccco1. The maximum atomic E-state index is 12.4. The summed E-state index contributed by atoms with van der Waals surface area (Å²) in [7, 11) is 0. The van der Waals surface area contributed by atoms with Crippen molar-refractivity contribution in [2.45, 2.75) is 37.2 Å². The Morgan fingerprint density at radius 2 is 2.12 bits per heavy atom. The van der Waals surface area contributed by atoms with Gasteiger partial charge in [-0.2, -0.15) is 0 Å². The standard InChI is InChI=1S/C23H24N6O4S/c30-20(26-22(31)25-11-15-5-3-9-32-15)14-34-23-28-27-21(29(23)13-16-6-4-10-33-16)18-12-24-19-8-2-1-7-17(18)19/h1-3,5,7-9,12,16,24H,4,6,10-11,13-14H2,(H2,25,26,30,31). The van der Waals surface area contributed by atoms with Crippen LogP contribution >= 0.6 is 11.8 Å².